The lowest BCUT2D eigenvalue weighted by Crippen LogP contribution is -2.32. The number of hydrogen-bond donors (Lipinski definition) is 1. The molecular formula is C16H24ClNO2S. The minimum Gasteiger partial charge on any atom is -0.466 e. The Kier molecular flexibility index (Phi) is 6.08. The van der Waals surface area contributed by atoms with Crippen LogP contribution in [-0.2, 0) is 9.53 Å². The fourth-order valence-corrected chi connectivity index (χ4v) is 4.60. The van der Waals surface area contributed by atoms with Gasteiger partial charge in [-0.15, -0.1) is 11.3 Å². The fourth-order valence-electron chi connectivity index (χ4n) is 3.40. The molecular weight excluding hydrogens is 306 g/mol. The van der Waals surface area contributed by atoms with Gasteiger partial charge >= 0.3 is 5.97 Å². The Labute approximate surface area is 135 Å². The van der Waals surface area contributed by atoms with E-state index in [2.05, 4.69) is 0 Å². The normalized spacial score (nSPS) is 19.2. The van der Waals surface area contributed by atoms with E-state index in [-0.39, 0.29) is 17.4 Å². The number of carbonyl (C=O) groups is 1. The zero-order valence-corrected chi connectivity index (χ0v) is 14.1. The van der Waals surface area contributed by atoms with Gasteiger partial charge in [0.25, 0.3) is 0 Å². The van der Waals surface area contributed by atoms with Crippen LogP contribution in [0.15, 0.2) is 11.4 Å². The lowest BCUT2D eigenvalue weighted by molar-refractivity contribution is -0.146. The van der Waals surface area contributed by atoms with Crippen molar-refractivity contribution < 1.29 is 9.53 Å². The van der Waals surface area contributed by atoms with E-state index in [1.165, 1.54) is 19.3 Å². The molecule has 3 nitrogen and oxygen atoms in total. The molecule has 1 unspecified atom stereocenters. The second kappa shape index (κ2) is 7.61. The molecule has 1 aromatic rings. The smallest absolute Gasteiger partial charge is 0.306 e. The summed E-state index contributed by atoms with van der Waals surface area (Å²) in [6.45, 7) is 2.29. The molecule has 0 saturated heterocycles. The Morgan fingerprint density at radius 3 is 2.76 bits per heavy atom. The maximum atomic E-state index is 12.0. The van der Waals surface area contributed by atoms with Gasteiger partial charge < -0.3 is 10.5 Å². The largest absolute Gasteiger partial charge is 0.466 e. The Bertz CT molecular complexity index is 469. The molecule has 0 spiro atoms. The predicted octanol–water partition coefficient (Wildman–Crippen LogP) is 4.70. The molecule has 1 aliphatic rings. The molecule has 0 amide bonds. The van der Waals surface area contributed by atoms with Gasteiger partial charge in [0.1, 0.15) is 0 Å². The van der Waals surface area contributed by atoms with Gasteiger partial charge in [0.2, 0.25) is 0 Å². The summed E-state index contributed by atoms with van der Waals surface area (Å²) >= 11 is 7.79. The first-order valence-corrected chi connectivity index (χ1v) is 8.96. The molecule has 118 valence electrons. The van der Waals surface area contributed by atoms with E-state index in [0.29, 0.717) is 13.0 Å². The summed E-state index contributed by atoms with van der Waals surface area (Å²) in [5.74, 6) is -0.0936. The standard InChI is InChI=1S/C16H24ClNO2S/c1-2-20-14(19)11-16(7-4-3-5-8-16)10-13(18)15-12(17)6-9-21-15/h6,9,13H,2-5,7-8,10-11,18H2,1H3. The average Bonchev–Trinajstić information content (AvgIpc) is 2.86. The van der Waals surface area contributed by atoms with Crippen molar-refractivity contribution in [3.8, 4) is 0 Å². The van der Waals surface area contributed by atoms with Crippen LogP contribution in [0.25, 0.3) is 0 Å². The van der Waals surface area contributed by atoms with E-state index in [0.717, 1.165) is 29.2 Å². The van der Waals surface area contributed by atoms with Gasteiger partial charge in [0.05, 0.1) is 18.1 Å². The van der Waals surface area contributed by atoms with Gasteiger partial charge in [-0.1, -0.05) is 30.9 Å². The van der Waals surface area contributed by atoms with Crippen molar-refractivity contribution in [3.63, 3.8) is 0 Å². The van der Waals surface area contributed by atoms with Gasteiger partial charge in [0.15, 0.2) is 0 Å². The lowest BCUT2D eigenvalue weighted by Gasteiger charge is -2.38. The number of hydrogen-bond acceptors (Lipinski definition) is 4. The molecule has 1 fully saturated rings. The van der Waals surface area contributed by atoms with E-state index >= 15 is 0 Å². The molecule has 1 saturated carbocycles. The SMILES string of the molecule is CCOC(=O)CC1(CC(N)c2sccc2Cl)CCCCC1. The summed E-state index contributed by atoms with van der Waals surface area (Å²) in [6.07, 6.45) is 7.00. The van der Waals surface area contributed by atoms with Crippen molar-refractivity contribution in [3.05, 3.63) is 21.3 Å². The molecule has 2 N–H and O–H groups in total. The maximum absolute atomic E-state index is 12.0. The van der Waals surface area contributed by atoms with Gasteiger partial charge in [-0.25, -0.2) is 0 Å². The minimum absolute atomic E-state index is 0.0166. The summed E-state index contributed by atoms with van der Waals surface area (Å²) in [7, 11) is 0. The van der Waals surface area contributed by atoms with Crippen molar-refractivity contribution in [2.24, 2.45) is 11.1 Å². The topological polar surface area (TPSA) is 52.3 Å². The van der Waals surface area contributed by atoms with Crippen LogP contribution in [0.1, 0.15) is 62.8 Å². The van der Waals surface area contributed by atoms with Crippen LogP contribution in [0.3, 0.4) is 0 Å². The van der Waals surface area contributed by atoms with E-state index < -0.39 is 0 Å². The van der Waals surface area contributed by atoms with E-state index in [1.54, 1.807) is 11.3 Å². The predicted molar refractivity (Wildman–Crippen MR) is 87.6 cm³/mol. The number of thiophene rings is 1. The molecule has 21 heavy (non-hydrogen) atoms. The molecule has 1 aromatic heterocycles. The van der Waals surface area contributed by atoms with Crippen LogP contribution in [0, 0.1) is 5.41 Å². The van der Waals surface area contributed by atoms with Gasteiger partial charge in [-0.3, -0.25) is 4.79 Å². The maximum Gasteiger partial charge on any atom is 0.306 e. The molecule has 1 aliphatic carbocycles. The van der Waals surface area contributed by atoms with Gasteiger partial charge in [-0.05, 0) is 43.0 Å². The van der Waals surface area contributed by atoms with Crippen molar-refractivity contribution in [1.82, 2.24) is 0 Å². The molecule has 5 heteroatoms. The monoisotopic (exact) mass is 329 g/mol. The highest BCUT2D eigenvalue weighted by Crippen LogP contribution is 2.46. The third kappa shape index (κ3) is 4.44. The van der Waals surface area contributed by atoms with Crippen molar-refractivity contribution in [2.75, 3.05) is 6.61 Å². The lowest BCUT2D eigenvalue weighted by atomic mass is 9.68. The summed E-state index contributed by atoms with van der Waals surface area (Å²) < 4.78 is 5.16. The van der Waals surface area contributed by atoms with E-state index in [9.17, 15) is 4.79 Å². The number of rotatable bonds is 6. The van der Waals surface area contributed by atoms with Crippen molar-refractivity contribution >= 4 is 28.9 Å². The van der Waals surface area contributed by atoms with Crippen LogP contribution in [-0.4, -0.2) is 12.6 Å². The molecule has 0 aliphatic heterocycles. The number of nitrogens with two attached hydrogens (primary N) is 1. The molecule has 0 radical (unpaired) electrons. The Hall–Kier alpha value is -0.580. The summed E-state index contributed by atoms with van der Waals surface area (Å²) in [4.78, 5) is 13.0. The second-order valence-electron chi connectivity index (χ2n) is 5.99. The first kappa shape index (κ1) is 16.8. The summed E-state index contributed by atoms with van der Waals surface area (Å²) in [5.41, 5.74) is 6.36. The Morgan fingerprint density at radius 1 is 1.48 bits per heavy atom. The minimum atomic E-state index is -0.0936. The van der Waals surface area contributed by atoms with Crippen LogP contribution in [0.2, 0.25) is 5.02 Å². The quantitative estimate of drug-likeness (QED) is 0.770. The third-order valence-corrected chi connectivity index (χ3v) is 5.86. The zero-order chi connectivity index (χ0) is 15.3. The van der Waals surface area contributed by atoms with Crippen molar-refractivity contribution in [2.45, 2.75) is 57.9 Å². The second-order valence-corrected chi connectivity index (χ2v) is 7.34. The summed E-state index contributed by atoms with van der Waals surface area (Å²) in [5, 5.41) is 2.71. The highest BCUT2D eigenvalue weighted by atomic mass is 35.5. The Morgan fingerprint density at radius 2 is 2.19 bits per heavy atom. The van der Waals surface area contributed by atoms with Crippen LogP contribution in [0.5, 0.6) is 0 Å². The third-order valence-electron chi connectivity index (χ3n) is 4.37. The highest BCUT2D eigenvalue weighted by Gasteiger charge is 2.37. The fraction of sp³-hybridized carbons (Fsp3) is 0.688. The van der Waals surface area contributed by atoms with Crippen LogP contribution < -0.4 is 5.73 Å². The first-order chi connectivity index (χ1) is 10.1. The molecule has 1 heterocycles. The number of ether oxygens (including phenoxy) is 1. The number of carbonyl (C=O) groups excluding carboxylic acids is 1. The number of halogens is 1. The zero-order valence-electron chi connectivity index (χ0n) is 12.6. The molecule has 2 rings (SSSR count). The number of esters is 1. The van der Waals surface area contributed by atoms with Crippen LogP contribution in [0.4, 0.5) is 0 Å². The van der Waals surface area contributed by atoms with Gasteiger partial charge in [0, 0.05) is 10.9 Å². The van der Waals surface area contributed by atoms with Crippen molar-refractivity contribution in [1.29, 1.82) is 0 Å². The molecule has 1 atom stereocenters. The van der Waals surface area contributed by atoms with E-state index in [4.69, 9.17) is 22.1 Å². The highest BCUT2D eigenvalue weighted by molar-refractivity contribution is 7.10. The molecule has 0 aromatic carbocycles. The Balaban J connectivity index is 2.08. The summed E-state index contributed by atoms with van der Waals surface area (Å²) in [6, 6.07) is 1.80. The van der Waals surface area contributed by atoms with Gasteiger partial charge in [-0.2, -0.15) is 0 Å². The van der Waals surface area contributed by atoms with E-state index in [1.807, 2.05) is 18.4 Å². The molecule has 0 bridgehead atoms. The van der Waals surface area contributed by atoms with Crippen LogP contribution >= 0.6 is 22.9 Å². The first-order valence-electron chi connectivity index (χ1n) is 7.70. The average molecular weight is 330 g/mol.